The zero-order valence-corrected chi connectivity index (χ0v) is 17.6. The molecule has 0 bridgehead atoms. The Balaban J connectivity index is 1.65. The SMILES string of the molecule is CN(C)CCNC(=O)c1cnc2n1C[C@H](NC(=O)c1cccc(N(C)C)c1)CC2. The van der Waals surface area contributed by atoms with Gasteiger partial charge in [0.15, 0.2) is 0 Å². The van der Waals surface area contributed by atoms with Gasteiger partial charge in [0.2, 0.25) is 0 Å². The number of carbonyl (C=O) groups is 2. The van der Waals surface area contributed by atoms with Crippen molar-refractivity contribution in [1.29, 1.82) is 0 Å². The summed E-state index contributed by atoms with van der Waals surface area (Å²) in [5.74, 6) is 0.665. The molecule has 0 saturated heterocycles. The molecule has 2 heterocycles. The molecule has 0 saturated carbocycles. The van der Waals surface area contributed by atoms with Crippen molar-refractivity contribution in [3.8, 4) is 0 Å². The summed E-state index contributed by atoms with van der Waals surface area (Å²) in [6, 6.07) is 7.51. The van der Waals surface area contributed by atoms with E-state index in [2.05, 4.69) is 15.6 Å². The minimum atomic E-state index is -0.128. The maximum absolute atomic E-state index is 12.7. The predicted octanol–water partition coefficient (Wildman–Crippen LogP) is 0.985. The monoisotopic (exact) mass is 398 g/mol. The fourth-order valence-electron chi connectivity index (χ4n) is 3.41. The average molecular weight is 399 g/mol. The molecule has 8 nitrogen and oxygen atoms in total. The fourth-order valence-corrected chi connectivity index (χ4v) is 3.41. The van der Waals surface area contributed by atoms with Crippen molar-refractivity contribution in [3.05, 3.63) is 47.5 Å². The number of hydrogen-bond donors (Lipinski definition) is 2. The number of benzene rings is 1. The number of fused-ring (bicyclic) bond motifs is 1. The summed E-state index contributed by atoms with van der Waals surface area (Å²) in [7, 11) is 7.83. The topological polar surface area (TPSA) is 82.5 Å². The summed E-state index contributed by atoms with van der Waals surface area (Å²) in [4.78, 5) is 33.6. The van der Waals surface area contributed by atoms with Crippen LogP contribution in [0.25, 0.3) is 0 Å². The molecule has 1 aromatic heterocycles. The van der Waals surface area contributed by atoms with Crippen LogP contribution >= 0.6 is 0 Å². The Kier molecular flexibility index (Phi) is 6.53. The number of hydrogen-bond acceptors (Lipinski definition) is 5. The van der Waals surface area contributed by atoms with Crippen molar-refractivity contribution >= 4 is 17.5 Å². The number of nitrogens with zero attached hydrogens (tertiary/aromatic N) is 4. The van der Waals surface area contributed by atoms with Crippen LogP contribution in [0, 0.1) is 0 Å². The number of anilines is 1. The molecule has 29 heavy (non-hydrogen) atoms. The molecule has 0 radical (unpaired) electrons. The lowest BCUT2D eigenvalue weighted by molar-refractivity contribution is 0.0925. The predicted molar refractivity (Wildman–Crippen MR) is 113 cm³/mol. The van der Waals surface area contributed by atoms with Crippen LogP contribution in [0.5, 0.6) is 0 Å². The Morgan fingerprint density at radius 1 is 1.21 bits per heavy atom. The highest BCUT2D eigenvalue weighted by molar-refractivity contribution is 5.95. The summed E-state index contributed by atoms with van der Waals surface area (Å²) >= 11 is 0. The third-order valence-corrected chi connectivity index (χ3v) is 5.09. The van der Waals surface area contributed by atoms with Gasteiger partial charge in [0.25, 0.3) is 11.8 Å². The number of imidazole rings is 1. The van der Waals surface area contributed by atoms with Crippen LogP contribution in [-0.2, 0) is 13.0 Å². The first-order valence-corrected chi connectivity index (χ1v) is 9.90. The highest BCUT2D eigenvalue weighted by atomic mass is 16.2. The van der Waals surface area contributed by atoms with E-state index >= 15 is 0 Å². The van der Waals surface area contributed by atoms with Crippen molar-refractivity contribution in [2.75, 3.05) is 46.2 Å². The highest BCUT2D eigenvalue weighted by Gasteiger charge is 2.25. The normalized spacial score (nSPS) is 15.7. The van der Waals surface area contributed by atoms with Gasteiger partial charge in [-0.1, -0.05) is 6.07 Å². The average Bonchev–Trinajstić information content (AvgIpc) is 3.11. The molecule has 2 aromatic rings. The zero-order valence-electron chi connectivity index (χ0n) is 17.6. The van der Waals surface area contributed by atoms with Gasteiger partial charge in [0.1, 0.15) is 11.5 Å². The molecule has 0 aliphatic carbocycles. The molecule has 1 aliphatic heterocycles. The second kappa shape index (κ2) is 9.09. The van der Waals surface area contributed by atoms with E-state index in [0.29, 0.717) is 24.3 Å². The van der Waals surface area contributed by atoms with Gasteiger partial charge in [-0.05, 0) is 38.7 Å². The third-order valence-electron chi connectivity index (χ3n) is 5.09. The summed E-state index contributed by atoms with van der Waals surface area (Å²) in [5, 5.41) is 6.04. The van der Waals surface area contributed by atoms with Crippen molar-refractivity contribution < 1.29 is 9.59 Å². The van der Waals surface area contributed by atoms with Crippen molar-refractivity contribution in [2.24, 2.45) is 0 Å². The lowest BCUT2D eigenvalue weighted by Crippen LogP contribution is -2.42. The van der Waals surface area contributed by atoms with E-state index in [1.54, 1.807) is 6.20 Å². The Morgan fingerprint density at radius 3 is 2.72 bits per heavy atom. The molecule has 0 spiro atoms. The molecular weight excluding hydrogens is 368 g/mol. The van der Waals surface area contributed by atoms with Crippen molar-refractivity contribution in [3.63, 3.8) is 0 Å². The van der Waals surface area contributed by atoms with Crippen LogP contribution in [-0.4, -0.2) is 73.6 Å². The van der Waals surface area contributed by atoms with Crippen LogP contribution in [0.2, 0.25) is 0 Å². The molecule has 0 unspecified atom stereocenters. The summed E-state index contributed by atoms with van der Waals surface area (Å²) in [5.41, 5.74) is 2.16. The van der Waals surface area contributed by atoms with Gasteiger partial charge in [-0.15, -0.1) is 0 Å². The maximum atomic E-state index is 12.7. The van der Waals surface area contributed by atoms with E-state index in [4.69, 9.17) is 0 Å². The number of likely N-dealkylation sites (N-methyl/N-ethyl adjacent to an activating group) is 1. The molecular formula is C21H30N6O2. The molecule has 2 N–H and O–H groups in total. The molecule has 3 rings (SSSR count). The molecule has 0 fully saturated rings. The first-order chi connectivity index (χ1) is 13.8. The second-order valence-corrected chi connectivity index (χ2v) is 7.88. The van der Waals surface area contributed by atoms with Gasteiger partial charge >= 0.3 is 0 Å². The number of nitrogens with one attached hydrogen (secondary N) is 2. The fraction of sp³-hybridized carbons (Fsp3) is 0.476. The zero-order chi connectivity index (χ0) is 21.0. The van der Waals surface area contributed by atoms with E-state index < -0.39 is 0 Å². The Morgan fingerprint density at radius 2 is 2.00 bits per heavy atom. The second-order valence-electron chi connectivity index (χ2n) is 7.88. The largest absolute Gasteiger partial charge is 0.378 e. The number of carbonyl (C=O) groups excluding carboxylic acids is 2. The van der Waals surface area contributed by atoms with E-state index in [1.807, 2.05) is 66.8 Å². The number of rotatable bonds is 7. The van der Waals surface area contributed by atoms with Gasteiger partial charge < -0.3 is 25.0 Å². The smallest absolute Gasteiger partial charge is 0.269 e. The van der Waals surface area contributed by atoms with Crippen LogP contribution in [0.3, 0.4) is 0 Å². The molecule has 1 aromatic carbocycles. The lowest BCUT2D eigenvalue weighted by Gasteiger charge is -2.26. The van der Waals surface area contributed by atoms with Crippen LogP contribution in [0.1, 0.15) is 33.1 Å². The lowest BCUT2D eigenvalue weighted by atomic mass is 10.1. The summed E-state index contributed by atoms with van der Waals surface area (Å²) in [6.45, 7) is 1.90. The van der Waals surface area contributed by atoms with E-state index in [0.717, 1.165) is 30.9 Å². The number of aromatic nitrogens is 2. The van der Waals surface area contributed by atoms with E-state index in [9.17, 15) is 9.59 Å². The molecule has 1 aliphatic rings. The Hall–Kier alpha value is -2.87. The minimum Gasteiger partial charge on any atom is -0.378 e. The summed E-state index contributed by atoms with van der Waals surface area (Å²) < 4.78 is 1.93. The molecule has 8 heteroatoms. The van der Waals surface area contributed by atoms with Crippen LogP contribution < -0.4 is 15.5 Å². The molecule has 2 amide bonds. The standard InChI is InChI=1S/C21H30N6O2/c1-25(2)11-10-22-21(29)18-13-23-19-9-8-16(14-27(18)19)24-20(28)15-6-5-7-17(12-15)26(3)4/h5-7,12-13,16H,8-11,14H2,1-4H3,(H,22,29)(H,24,28)/t16-/m1/s1. The minimum absolute atomic E-state index is 0.0412. The number of aryl methyl sites for hydroxylation is 1. The Labute approximate surface area is 171 Å². The molecule has 156 valence electrons. The van der Waals surface area contributed by atoms with Gasteiger partial charge in [0.05, 0.1) is 6.20 Å². The first-order valence-electron chi connectivity index (χ1n) is 9.90. The van der Waals surface area contributed by atoms with Gasteiger partial charge in [-0.25, -0.2) is 4.98 Å². The van der Waals surface area contributed by atoms with Gasteiger partial charge in [0, 0.05) is 57.4 Å². The Bertz CT molecular complexity index is 874. The van der Waals surface area contributed by atoms with E-state index in [-0.39, 0.29) is 17.9 Å². The highest BCUT2D eigenvalue weighted by Crippen LogP contribution is 2.18. The van der Waals surface area contributed by atoms with Crippen LogP contribution in [0.15, 0.2) is 30.5 Å². The van der Waals surface area contributed by atoms with Gasteiger partial charge in [-0.3, -0.25) is 9.59 Å². The number of amides is 2. The maximum Gasteiger partial charge on any atom is 0.269 e. The van der Waals surface area contributed by atoms with Gasteiger partial charge in [-0.2, -0.15) is 0 Å². The van der Waals surface area contributed by atoms with Crippen molar-refractivity contribution in [2.45, 2.75) is 25.4 Å². The van der Waals surface area contributed by atoms with Crippen molar-refractivity contribution in [1.82, 2.24) is 25.1 Å². The quantitative estimate of drug-likeness (QED) is 0.727. The van der Waals surface area contributed by atoms with E-state index in [1.165, 1.54) is 0 Å². The summed E-state index contributed by atoms with van der Waals surface area (Å²) in [6.07, 6.45) is 3.16. The third kappa shape index (κ3) is 5.14. The van der Waals surface area contributed by atoms with Crippen LogP contribution in [0.4, 0.5) is 5.69 Å². The first kappa shape index (κ1) is 20.9. The molecule has 1 atom stereocenters.